The molecule has 0 amide bonds. The fraction of sp³-hybridized carbons (Fsp3) is 0.636. The van der Waals surface area contributed by atoms with E-state index in [1.54, 1.807) is 0 Å². The molecule has 0 spiro atoms. The van der Waals surface area contributed by atoms with Crippen molar-refractivity contribution in [3.8, 4) is 0 Å². The van der Waals surface area contributed by atoms with E-state index in [9.17, 15) is 0 Å². The van der Waals surface area contributed by atoms with Gasteiger partial charge in [0.05, 0.1) is 0 Å². The van der Waals surface area contributed by atoms with Crippen molar-refractivity contribution in [3.63, 3.8) is 0 Å². The third-order valence-electron chi connectivity index (χ3n) is 3.23. The van der Waals surface area contributed by atoms with Crippen LogP contribution in [0.2, 0.25) is 0 Å². The minimum atomic E-state index is 0.127. The van der Waals surface area contributed by atoms with Crippen molar-refractivity contribution in [1.29, 1.82) is 0 Å². The molecule has 0 aliphatic heterocycles. The molecule has 1 heteroatoms. The van der Waals surface area contributed by atoms with Crippen molar-refractivity contribution in [2.75, 3.05) is 0 Å². The Morgan fingerprint density at radius 2 is 2.00 bits per heavy atom. The second-order valence-electron chi connectivity index (χ2n) is 4.84. The Balaban J connectivity index is 3.01. The van der Waals surface area contributed by atoms with Gasteiger partial charge in [-0.2, -0.15) is 0 Å². The Kier molecular flexibility index (Phi) is 2.07. The molecule has 1 rings (SSSR count). The number of nitrogens with two attached hydrogens (primary N) is 1. The van der Waals surface area contributed by atoms with Gasteiger partial charge in [-0.25, -0.2) is 0 Å². The number of hydrogen-bond donors (Lipinski definition) is 1. The number of allylic oxidation sites excluding steroid dienone is 4. The summed E-state index contributed by atoms with van der Waals surface area (Å²) in [6, 6.07) is 0. The molecule has 2 N–H and O–H groups in total. The Labute approximate surface area is 75.3 Å². The molecule has 0 radical (unpaired) electrons. The van der Waals surface area contributed by atoms with E-state index in [4.69, 9.17) is 5.73 Å². The Morgan fingerprint density at radius 3 is 2.33 bits per heavy atom. The molecule has 1 aliphatic rings. The predicted octanol–water partition coefficient (Wildman–Crippen LogP) is 2.84. The zero-order valence-electron chi connectivity index (χ0n) is 8.52. The predicted molar refractivity (Wildman–Crippen MR) is 53.6 cm³/mol. The third kappa shape index (κ3) is 1.28. The van der Waals surface area contributed by atoms with E-state index in [1.807, 2.05) is 12.2 Å². The first-order valence-electron chi connectivity index (χ1n) is 4.51. The maximum Gasteiger partial charge on any atom is 0.0153 e. The molecule has 68 valence electrons. The third-order valence-corrected chi connectivity index (χ3v) is 3.23. The summed E-state index contributed by atoms with van der Waals surface area (Å²) in [4.78, 5) is 0. The summed E-state index contributed by atoms with van der Waals surface area (Å²) >= 11 is 0. The highest BCUT2D eigenvalue weighted by atomic mass is 14.7. The summed E-state index contributed by atoms with van der Waals surface area (Å²) in [6.45, 7) is 8.97. The molecule has 0 fully saturated rings. The minimum Gasteiger partial charge on any atom is -0.402 e. The van der Waals surface area contributed by atoms with E-state index in [0.29, 0.717) is 0 Å². The van der Waals surface area contributed by atoms with E-state index >= 15 is 0 Å². The van der Waals surface area contributed by atoms with Crippen LogP contribution in [0.3, 0.4) is 0 Å². The van der Waals surface area contributed by atoms with Crippen molar-refractivity contribution in [2.45, 2.75) is 34.1 Å². The van der Waals surface area contributed by atoms with Crippen LogP contribution >= 0.6 is 0 Å². The quantitative estimate of drug-likeness (QED) is 0.587. The highest BCUT2D eigenvalue weighted by molar-refractivity contribution is 5.25. The smallest absolute Gasteiger partial charge is 0.0153 e. The molecule has 0 saturated heterocycles. The lowest BCUT2D eigenvalue weighted by molar-refractivity contribution is 0.153. The van der Waals surface area contributed by atoms with Gasteiger partial charge in [0.2, 0.25) is 0 Å². The van der Waals surface area contributed by atoms with E-state index in [-0.39, 0.29) is 10.8 Å². The molecule has 1 aliphatic carbocycles. The Hall–Kier alpha value is -0.720. The van der Waals surface area contributed by atoms with Gasteiger partial charge in [0.1, 0.15) is 0 Å². The van der Waals surface area contributed by atoms with E-state index in [0.717, 1.165) is 12.1 Å². The molecule has 0 bridgehead atoms. The van der Waals surface area contributed by atoms with Crippen LogP contribution in [0.1, 0.15) is 34.1 Å². The SMILES string of the molecule is CC(C)(C)C1(C)CC=CC=C1N. The van der Waals surface area contributed by atoms with Crippen molar-refractivity contribution in [1.82, 2.24) is 0 Å². The normalized spacial score (nSPS) is 30.2. The zero-order valence-corrected chi connectivity index (χ0v) is 8.52. The lowest BCUT2D eigenvalue weighted by Crippen LogP contribution is -2.38. The van der Waals surface area contributed by atoms with Gasteiger partial charge in [-0.05, 0) is 17.9 Å². The molecular formula is C11H19N. The summed E-state index contributed by atoms with van der Waals surface area (Å²) in [7, 11) is 0. The molecule has 1 atom stereocenters. The van der Waals surface area contributed by atoms with E-state index in [1.165, 1.54) is 0 Å². The van der Waals surface area contributed by atoms with Gasteiger partial charge in [0, 0.05) is 11.1 Å². The molecule has 0 aromatic heterocycles. The molecule has 0 heterocycles. The van der Waals surface area contributed by atoms with Crippen molar-refractivity contribution < 1.29 is 0 Å². The first-order valence-corrected chi connectivity index (χ1v) is 4.51. The average Bonchev–Trinajstić information content (AvgIpc) is 1.93. The summed E-state index contributed by atoms with van der Waals surface area (Å²) in [6.07, 6.45) is 7.32. The largest absolute Gasteiger partial charge is 0.402 e. The van der Waals surface area contributed by atoms with Crippen molar-refractivity contribution in [2.24, 2.45) is 16.6 Å². The summed E-state index contributed by atoms with van der Waals surface area (Å²) in [5.74, 6) is 0. The van der Waals surface area contributed by atoms with Gasteiger partial charge < -0.3 is 5.73 Å². The highest BCUT2D eigenvalue weighted by Crippen LogP contribution is 2.46. The molecule has 12 heavy (non-hydrogen) atoms. The maximum absolute atomic E-state index is 6.01. The van der Waals surface area contributed by atoms with Crippen LogP contribution in [0.5, 0.6) is 0 Å². The molecular weight excluding hydrogens is 146 g/mol. The first kappa shape index (κ1) is 9.37. The van der Waals surface area contributed by atoms with Crippen LogP contribution < -0.4 is 5.73 Å². The second-order valence-corrected chi connectivity index (χ2v) is 4.84. The van der Waals surface area contributed by atoms with Gasteiger partial charge in [-0.1, -0.05) is 39.8 Å². The van der Waals surface area contributed by atoms with Crippen LogP contribution in [0, 0.1) is 10.8 Å². The summed E-state index contributed by atoms with van der Waals surface area (Å²) in [5, 5.41) is 0. The molecule has 1 nitrogen and oxygen atoms in total. The Bertz CT molecular complexity index is 230. The van der Waals surface area contributed by atoms with Crippen LogP contribution in [0.15, 0.2) is 23.9 Å². The molecule has 1 unspecified atom stereocenters. The fourth-order valence-electron chi connectivity index (χ4n) is 1.52. The lowest BCUT2D eigenvalue weighted by atomic mass is 9.63. The number of rotatable bonds is 0. The maximum atomic E-state index is 6.01. The topological polar surface area (TPSA) is 26.0 Å². The average molecular weight is 165 g/mol. The van der Waals surface area contributed by atoms with Gasteiger partial charge in [-0.3, -0.25) is 0 Å². The summed E-state index contributed by atoms with van der Waals surface area (Å²) in [5.41, 5.74) is 7.38. The van der Waals surface area contributed by atoms with Gasteiger partial charge in [0.15, 0.2) is 0 Å². The fourth-order valence-corrected chi connectivity index (χ4v) is 1.52. The number of hydrogen-bond acceptors (Lipinski definition) is 1. The van der Waals surface area contributed by atoms with Crippen molar-refractivity contribution in [3.05, 3.63) is 23.9 Å². The van der Waals surface area contributed by atoms with Crippen LogP contribution in [0.25, 0.3) is 0 Å². The minimum absolute atomic E-state index is 0.127. The summed E-state index contributed by atoms with van der Waals surface area (Å²) < 4.78 is 0. The first-order chi connectivity index (χ1) is 5.38. The van der Waals surface area contributed by atoms with E-state index in [2.05, 4.69) is 33.8 Å². The van der Waals surface area contributed by atoms with Gasteiger partial charge in [0.25, 0.3) is 0 Å². The van der Waals surface area contributed by atoms with Crippen LogP contribution in [-0.4, -0.2) is 0 Å². The molecule has 0 aromatic carbocycles. The standard InChI is InChI=1S/C11H19N/c1-10(2,3)11(4)8-6-5-7-9(11)12/h5-7H,8,12H2,1-4H3. The second kappa shape index (κ2) is 2.65. The van der Waals surface area contributed by atoms with Gasteiger partial charge >= 0.3 is 0 Å². The van der Waals surface area contributed by atoms with Crippen LogP contribution in [-0.2, 0) is 0 Å². The zero-order chi connectivity index (χ0) is 9.41. The van der Waals surface area contributed by atoms with Crippen molar-refractivity contribution >= 4 is 0 Å². The molecule has 0 saturated carbocycles. The highest BCUT2D eigenvalue weighted by Gasteiger charge is 2.39. The van der Waals surface area contributed by atoms with E-state index < -0.39 is 0 Å². The van der Waals surface area contributed by atoms with Gasteiger partial charge in [-0.15, -0.1) is 0 Å². The monoisotopic (exact) mass is 165 g/mol. The molecule has 0 aromatic rings. The lowest BCUT2D eigenvalue weighted by Gasteiger charge is -2.43. The Morgan fingerprint density at radius 1 is 1.42 bits per heavy atom. The van der Waals surface area contributed by atoms with Crippen LogP contribution in [0.4, 0.5) is 0 Å².